The van der Waals surface area contributed by atoms with Crippen LogP contribution in [0.25, 0.3) is 16.9 Å². The van der Waals surface area contributed by atoms with Crippen molar-refractivity contribution in [2.75, 3.05) is 0 Å². The maximum absolute atomic E-state index is 12.6. The summed E-state index contributed by atoms with van der Waals surface area (Å²) in [7, 11) is 0. The number of carbonyl (C=O) groups excluding carboxylic acids is 1. The smallest absolute Gasteiger partial charge is 0.282 e. The lowest BCUT2D eigenvalue weighted by atomic mass is 10.1. The van der Waals surface area contributed by atoms with Crippen molar-refractivity contribution >= 4 is 11.6 Å². The molecule has 0 bridgehead atoms. The molecule has 0 aliphatic heterocycles. The molecule has 0 saturated carbocycles. The van der Waals surface area contributed by atoms with Crippen molar-refractivity contribution in [3.8, 4) is 16.9 Å². The molecule has 8 heteroatoms. The molecule has 0 aliphatic rings. The van der Waals surface area contributed by atoms with Crippen LogP contribution in [0.1, 0.15) is 15.9 Å². The molecular weight excluding hydrogens is 382 g/mol. The average Bonchev–Trinajstić information content (AvgIpc) is 3.23. The first-order chi connectivity index (χ1) is 14.6. The van der Waals surface area contributed by atoms with Gasteiger partial charge in [-0.25, -0.2) is 4.68 Å². The number of hydrogen-bond acceptors (Lipinski definition) is 5. The van der Waals surface area contributed by atoms with Gasteiger partial charge in [0.1, 0.15) is 5.56 Å². The number of benzene rings is 2. The molecule has 0 spiro atoms. The summed E-state index contributed by atoms with van der Waals surface area (Å²) < 4.78 is 1.74. The Morgan fingerprint density at radius 3 is 2.43 bits per heavy atom. The molecule has 0 atom stereocenters. The van der Waals surface area contributed by atoms with E-state index in [2.05, 4.69) is 15.4 Å². The minimum atomic E-state index is -0.565. The van der Waals surface area contributed by atoms with Gasteiger partial charge in [0.25, 0.3) is 11.6 Å². The second-order valence-electron chi connectivity index (χ2n) is 6.48. The van der Waals surface area contributed by atoms with Gasteiger partial charge in [-0.3, -0.25) is 19.9 Å². The number of carbonyl (C=O) groups is 1. The molecule has 30 heavy (non-hydrogen) atoms. The number of nitrogens with zero attached hydrogens (tertiary/aromatic N) is 4. The van der Waals surface area contributed by atoms with E-state index in [-0.39, 0.29) is 17.8 Å². The Balaban J connectivity index is 1.64. The third kappa shape index (κ3) is 3.93. The molecule has 0 fully saturated rings. The predicted molar refractivity (Wildman–Crippen MR) is 111 cm³/mol. The topological polar surface area (TPSA) is 103 Å². The van der Waals surface area contributed by atoms with E-state index in [1.54, 1.807) is 23.1 Å². The normalized spacial score (nSPS) is 10.5. The first-order valence-corrected chi connectivity index (χ1v) is 9.19. The molecule has 1 amide bonds. The van der Waals surface area contributed by atoms with Crippen molar-refractivity contribution in [3.63, 3.8) is 0 Å². The van der Waals surface area contributed by atoms with Crippen molar-refractivity contribution in [1.29, 1.82) is 0 Å². The lowest BCUT2D eigenvalue weighted by molar-refractivity contribution is -0.385. The third-order valence-corrected chi connectivity index (χ3v) is 4.55. The van der Waals surface area contributed by atoms with Crippen LogP contribution in [0.15, 0.2) is 85.3 Å². The summed E-state index contributed by atoms with van der Waals surface area (Å²) in [4.78, 5) is 27.3. The molecule has 4 aromatic rings. The number of aromatic nitrogens is 3. The van der Waals surface area contributed by atoms with E-state index in [0.29, 0.717) is 5.69 Å². The van der Waals surface area contributed by atoms with Crippen molar-refractivity contribution in [2.24, 2.45) is 0 Å². The zero-order chi connectivity index (χ0) is 20.9. The second-order valence-corrected chi connectivity index (χ2v) is 6.48. The molecular formula is C22H17N5O3. The summed E-state index contributed by atoms with van der Waals surface area (Å²) in [5.74, 6) is -0.518. The zero-order valence-corrected chi connectivity index (χ0v) is 15.8. The largest absolute Gasteiger partial charge is 0.348 e. The van der Waals surface area contributed by atoms with Crippen LogP contribution >= 0.6 is 0 Å². The minimum Gasteiger partial charge on any atom is -0.348 e. The van der Waals surface area contributed by atoms with Crippen LogP contribution in [-0.2, 0) is 6.54 Å². The lowest BCUT2D eigenvalue weighted by Crippen LogP contribution is -2.23. The molecule has 0 saturated heterocycles. The standard InChI is InChI=1S/C22H17N5O3/c28-22(19-8-4-5-9-20(19)27(29)30)24-14-17-15-26(18-6-2-1-3-7-18)25-21(17)16-10-12-23-13-11-16/h1-13,15H,14H2,(H,24,28). The average molecular weight is 399 g/mol. The van der Waals surface area contributed by atoms with E-state index in [1.807, 2.05) is 48.7 Å². The number of hydrogen-bond donors (Lipinski definition) is 1. The molecule has 2 heterocycles. The van der Waals surface area contributed by atoms with Crippen LogP contribution in [-0.4, -0.2) is 25.6 Å². The van der Waals surface area contributed by atoms with Crippen molar-refractivity contribution in [1.82, 2.24) is 20.1 Å². The van der Waals surface area contributed by atoms with Gasteiger partial charge in [0.05, 0.1) is 16.3 Å². The van der Waals surface area contributed by atoms with Crippen LogP contribution in [0.5, 0.6) is 0 Å². The maximum atomic E-state index is 12.6. The SMILES string of the molecule is O=C(NCc1cn(-c2ccccc2)nc1-c1ccncc1)c1ccccc1[N+](=O)[O-]. The lowest BCUT2D eigenvalue weighted by Gasteiger charge is -2.06. The Kier molecular flexibility index (Phi) is 5.29. The van der Waals surface area contributed by atoms with E-state index < -0.39 is 10.8 Å². The first-order valence-electron chi connectivity index (χ1n) is 9.19. The Bertz CT molecular complexity index is 1190. The van der Waals surface area contributed by atoms with Gasteiger partial charge in [0.15, 0.2) is 0 Å². The fraction of sp³-hybridized carbons (Fsp3) is 0.0455. The monoisotopic (exact) mass is 399 g/mol. The van der Waals surface area contributed by atoms with Gasteiger partial charge in [-0.2, -0.15) is 5.10 Å². The van der Waals surface area contributed by atoms with Gasteiger partial charge in [-0.15, -0.1) is 0 Å². The highest BCUT2D eigenvalue weighted by Crippen LogP contribution is 2.24. The summed E-state index contributed by atoms with van der Waals surface area (Å²) in [6.45, 7) is 0.162. The molecule has 1 N–H and O–H groups in total. The van der Waals surface area contributed by atoms with Crippen LogP contribution in [0.4, 0.5) is 5.69 Å². The highest BCUT2D eigenvalue weighted by atomic mass is 16.6. The van der Waals surface area contributed by atoms with E-state index >= 15 is 0 Å². The minimum absolute atomic E-state index is 0.0170. The van der Waals surface area contributed by atoms with Gasteiger partial charge in [0.2, 0.25) is 0 Å². The molecule has 8 nitrogen and oxygen atoms in total. The molecule has 0 aliphatic carbocycles. The zero-order valence-electron chi connectivity index (χ0n) is 15.8. The summed E-state index contributed by atoms with van der Waals surface area (Å²) in [5, 5.41) is 18.7. The Hall–Kier alpha value is -4.33. The Labute approximate surface area is 172 Å². The number of para-hydroxylation sites is 2. The molecule has 2 aromatic carbocycles. The van der Waals surface area contributed by atoms with E-state index in [0.717, 1.165) is 16.8 Å². The molecule has 2 aromatic heterocycles. The summed E-state index contributed by atoms with van der Waals surface area (Å²) >= 11 is 0. The fourth-order valence-corrected chi connectivity index (χ4v) is 3.10. The number of nitro groups is 1. The van der Waals surface area contributed by atoms with E-state index in [4.69, 9.17) is 0 Å². The number of nitro benzene ring substituents is 1. The number of rotatable bonds is 6. The summed E-state index contributed by atoms with van der Waals surface area (Å²) in [6, 6.07) is 19.2. The summed E-state index contributed by atoms with van der Waals surface area (Å²) in [5.41, 5.74) is 2.99. The summed E-state index contributed by atoms with van der Waals surface area (Å²) in [6.07, 6.45) is 5.18. The number of pyridine rings is 1. The highest BCUT2D eigenvalue weighted by Gasteiger charge is 2.20. The second kappa shape index (κ2) is 8.36. The van der Waals surface area contributed by atoms with Gasteiger partial charge >= 0.3 is 0 Å². The van der Waals surface area contributed by atoms with Crippen molar-refractivity contribution in [2.45, 2.75) is 6.54 Å². The van der Waals surface area contributed by atoms with Crippen LogP contribution in [0.3, 0.4) is 0 Å². The fourth-order valence-electron chi connectivity index (χ4n) is 3.10. The van der Waals surface area contributed by atoms with Crippen molar-refractivity contribution in [3.05, 3.63) is 107 Å². The van der Waals surface area contributed by atoms with Gasteiger partial charge in [-0.1, -0.05) is 30.3 Å². The highest BCUT2D eigenvalue weighted by molar-refractivity contribution is 5.98. The van der Waals surface area contributed by atoms with Gasteiger partial charge < -0.3 is 5.32 Å². The predicted octanol–water partition coefficient (Wildman–Crippen LogP) is 3.77. The maximum Gasteiger partial charge on any atom is 0.282 e. The molecule has 0 unspecified atom stereocenters. The molecule has 0 radical (unpaired) electrons. The van der Waals surface area contributed by atoms with Crippen LogP contribution in [0, 0.1) is 10.1 Å². The van der Waals surface area contributed by atoms with E-state index in [9.17, 15) is 14.9 Å². The third-order valence-electron chi connectivity index (χ3n) is 4.55. The molecule has 148 valence electrons. The van der Waals surface area contributed by atoms with Crippen molar-refractivity contribution < 1.29 is 9.72 Å². The van der Waals surface area contributed by atoms with E-state index in [1.165, 1.54) is 18.2 Å². The Morgan fingerprint density at radius 2 is 1.70 bits per heavy atom. The molecule has 4 rings (SSSR count). The van der Waals surface area contributed by atoms with Crippen LogP contribution in [0.2, 0.25) is 0 Å². The van der Waals surface area contributed by atoms with Crippen LogP contribution < -0.4 is 5.32 Å². The quantitative estimate of drug-likeness (QED) is 0.393. The number of amides is 1. The first kappa shape index (κ1) is 19.0. The van der Waals surface area contributed by atoms with Gasteiger partial charge in [0, 0.05) is 42.3 Å². The Morgan fingerprint density at radius 1 is 1.00 bits per heavy atom. The van der Waals surface area contributed by atoms with Gasteiger partial charge in [-0.05, 0) is 30.3 Å². The number of nitrogens with one attached hydrogen (secondary N) is 1.